The van der Waals surface area contributed by atoms with Crippen molar-refractivity contribution in [3.63, 3.8) is 0 Å². The number of nitrogens with one attached hydrogen (secondary N) is 6. The summed E-state index contributed by atoms with van der Waals surface area (Å²) in [4.78, 5) is 7.30. The van der Waals surface area contributed by atoms with Crippen molar-refractivity contribution in [2.45, 2.75) is 59.0 Å². The minimum Gasteiger partial charge on any atom is -0.333 e. The van der Waals surface area contributed by atoms with E-state index in [4.69, 9.17) is 0 Å². The molecule has 0 amide bonds. The van der Waals surface area contributed by atoms with Gasteiger partial charge in [0, 0.05) is 19.3 Å². The third-order valence-corrected chi connectivity index (χ3v) is 6.11. The summed E-state index contributed by atoms with van der Waals surface area (Å²) in [6.45, 7) is 15.6. The molecule has 6 rings (SSSR count). The predicted molar refractivity (Wildman–Crippen MR) is 105 cm³/mol. The SMILES string of the molecule is CC(C)(C)CN1C2=CC=CN3C2=C(C12NN2)C1(NN1)N(CC(C)(C)C)C31NN1. The first-order valence-electron chi connectivity index (χ1n) is 10.1. The van der Waals surface area contributed by atoms with Crippen molar-refractivity contribution < 1.29 is 0 Å². The number of hydrogen-bond acceptors (Lipinski definition) is 9. The van der Waals surface area contributed by atoms with Crippen LogP contribution in [-0.2, 0) is 0 Å². The van der Waals surface area contributed by atoms with Crippen LogP contribution in [0.5, 0.6) is 0 Å². The number of nitrogens with zero attached hydrogens (tertiary/aromatic N) is 3. The maximum atomic E-state index is 3.51. The van der Waals surface area contributed by atoms with Crippen LogP contribution in [0, 0.1) is 10.8 Å². The maximum Gasteiger partial charge on any atom is 0.240 e. The zero-order chi connectivity index (χ0) is 19.7. The number of rotatable bonds is 2. The highest BCUT2D eigenvalue weighted by atomic mass is 16.0. The van der Waals surface area contributed by atoms with Crippen molar-refractivity contribution in [3.05, 3.63) is 35.3 Å². The molecule has 0 aliphatic carbocycles. The lowest BCUT2D eigenvalue weighted by Crippen LogP contribution is -2.67. The molecule has 0 radical (unpaired) electrons. The maximum absolute atomic E-state index is 3.51. The van der Waals surface area contributed by atoms with Crippen molar-refractivity contribution in [1.82, 2.24) is 47.3 Å². The van der Waals surface area contributed by atoms with E-state index in [1.54, 1.807) is 0 Å². The largest absolute Gasteiger partial charge is 0.333 e. The summed E-state index contributed by atoms with van der Waals surface area (Å²) >= 11 is 0. The van der Waals surface area contributed by atoms with E-state index < -0.39 is 11.7 Å². The van der Waals surface area contributed by atoms with Gasteiger partial charge >= 0.3 is 0 Å². The molecule has 6 aliphatic rings. The molecule has 0 aromatic heterocycles. The molecule has 3 saturated heterocycles. The third-order valence-electron chi connectivity index (χ3n) is 6.11. The normalized spacial score (nSPS) is 30.4. The van der Waals surface area contributed by atoms with E-state index >= 15 is 0 Å². The predicted octanol–water partition coefficient (Wildman–Crippen LogP) is -0.0806. The second-order valence-electron chi connectivity index (χ2n) is 11.1. The molecule has 9 nitrogen and oxygen atoms in total. The lowest BCUT2D eigenvalue weighted by atomic mass is 9.92. The second kappa shape index (κ2) is 4.65. The molecule has 0 atom stereocenters. The topological polar surface area (TPSA) is 141 Å². The smallest absolute Gasteiger partial charge is 0.240 e. The fourth-order valence-electron chi connectivity index (χ4n) is 5.00. The molecule has 28 heavy (non-hydrogen) atoms. The third kappa shape index (κ3) is 2.05. The van der Waals surface area contributed by atoms with Crippen LogP contribution in [0.4, 0.5) is 0 Å². The Kier molecular flexibility index (Phi) is 2.89. The molecule has 0 saturated carbocycles. The molecule has 6 aliphatic heterocycles. The molecule has 0 bridgehead atoms. The van der Waals surface area contributed by atoms with Gasteiger partial charge in [-0.25, -0.2) is 37.5 Å². The first-order chi connectivity index (χ1) is 13.0. The van der Waals surface area contributed by atoms with Gasteiger partial charge in [0.25, 0.3) is 0 Å². The van der Waals surface area contributed by atoms with Crippen molar-refractivity contribution in [2.75, 3.05) is 13.1 Å². The monoisotopic (exact) mass is 385 g/mol. The van der Waals surface area contributed by atoms with Crippen molar-refractivity contribution in [1.29, 1.82) is 0 Å². The highest BCUT2D eigenvalue weighted by Gasteiger charge is 2.78. The van der Waals surface area contributed by atoms with E-state index in [2.05, 4.69) is 107 Å². The van der Waals surface area contributed by atoms with Crippen LogP contribution < -0.4 is 32.6 Å². The van der Waals surface area contributed by atoms with Crippen molar-refractivity contribution in [2.24, 2.45) is 10.8 Å². The van der Waals surface area contributed by atoms with E-state index in [0.717, 1.165) is 13.1 Å². The Balaban J connectivity index is 1.52. The molecule has 6 N–H and O–H groups in total. The standard InChI is InChI=1S/C19H31N9/c1-15(2,3)10-27-12-8-7-9-26-13(12)14(17(27)20-21-17)18(22-23-18)28(11-16(4,5)6)19(26)24-25-19/h7-9,20-25H,10-11H2,1-6H3. The Labute approximate surface area is 166 Å². The van der Waals surface area contributed by atoms with Crippen LogP contribution in [0.15, 0.2) is 35.3 Å². The first kappa shape index (κ1) is 17.4. The van der Waals surface area contributed by atoms with Crippen molar-refractivity contribution >= 4 is 0 Å². The van der Waals surface area contributed by atoms with Gasteiger partial charge < -0.3 is 4.90 Å². The molecular weight excluding hydrogens is 354 g/mol. The van der Waals surface area contributed by atoms with Crippen LogP contribution in [0.25, 0.3) is 0 Å². The molecule has 0 aromatic rings. The Hall–Kier alpha value is -1.46. The van der Waals surface area contributed by atoms with E-state index in [1.165, 1.54) is 17.0 Å². The first-order valence-corrected chi connectivity index (χ1v) is 10.1. The second-order valence-corrected chi connectivity index (χ2v) is 11.1. The summed E-state index contributed by atoms with van der Waals surface area (Å²) in [6, 6.07) is 0. The molecule has 6 heterocycles. The highest BCUT2D eigenvalue weighted by molar-refractivity contribution is 5.59. The summed E-state index contributed by atoms with van der Waals surface area (Å²) in [5.41, 5.74) is 25.0. The Morgan fingerprint density at radius 3 is 1.93 bits per heavy atom. The van der Waals surface area contributed by atoms with E-state index in [-0.39, 0.29) is 16.6 Å². The molecule has 3 fully saturated rings. The molecule has 0 aromatic carbocycles. The van der Waals surface area contributed by atoms with Gasteiger partial charge in [0.1, 0.15) is 0 Å². The summed E-state index contributed by atoms with van der Waals surface area (Å²) < 4.78 is 0. The molecule has 3 spiro atoms. The van der Waals surface area contributed by atoms with Gasteiger partial charge in [-0.05, 0) is 23.0 Å². The minimum atomic E-state index is -0.424. The fourth-order valence-corrected chi connectivity index (χ4v) is 5.00. The quantitative estimate of drug-likeness (QED) is 0.360. The fraction of sp³-hybridized carbons (Fsp3) is 0.684. The van der Waals surface area contributed by atoms with E-state index in [1.807, 2.05) is 0 Å². The number of hydrogen-bond donors (Lipinski definition) is 6. The lowest BCUT2D eigenvalue weighted by Gasteiger charge is -2.48. The van der Waals surface area contributed by atoms with Gasteiger partial charge in [-0.15, -0.1) is 0 Å². The van der Waals surface area contributed by atoms with Gasteiger partial charge in [-0.3, -0.25) is 4.90 Å². The minimum absolute atomic E-state index is 0.134. The van der Waals surface area contributed by atoms with Crippen molar-refractivity contribution in [3.8, 4) is 0 Å². The van der Waals surface area contributed by atoms with E-state index in [9.17, 15) is 0 Å². The Bertz CT molecular complexity index is 844. The van der Waals surface area contributed by atoms with Crippen LogP contribution >= 0.6 is 0 Å². The van der Waals surface area contributed by atoms with Crippen LogP contribution in [0.1, 0.15) is 41.5 Å². The molecule has 0 unspecified atom stereocenters. The van der Waals surface area contributed by atoms with Gasteiger partial charge in [-0.2, -0.15) is 0 Å². The molecule has 152 valence electrons. The van der Waals surface area contributed by atoms with Crippen LogP contribution in [-0.4, -0.2) is 45.3 Å². The summed E-state index contributed by atoms with van der Waals surface area (Å²) in [5.74, 6) is -1.18. The zero-order valence-electron chi connectivity index (χ0n) is 17.5. The Morgan fingerprint density at radius 1 is 0.821 bits per heavy atom. The summed E-state index contributed by atoms with van der Waals surface area (Å²) in [7, 11) is 0. The summed E-state index contributed by atoms with van der Waals surface area (Å²) in [6.07, 6.45) is 6.56. The van der Waals surface area contributed by atoms with Gasteiger partial charge in [0.15, 0.2) is 5.79 Å². The molecule has 9 heteroatoms. The number of fused-ring (bicyclic) bond motifs is 3. The van der Waals surface area contributed by atoms with Gasteiger partial charge in [0.05, 0.1) is 17.0 Å². The average Bonchev–Trinajstić information content (AvgIpc) is 3.45. The number of allylic oxidation sites excluding steroid dienone is 2. The van der Waals surface area contributed by atoms with Crippen LogP contribution in [0.3, 0.4) is 0 Å². The molecular formula is C19H31N9. The average molecular weight is 386 g/mol. The van der Waals surface area contributed by atoms with Gasteiger partial charge in [-0.1, -0.05) is 41.5 Å². The van der Waals surface area contributed by atoms with Gasteiger partial charge in [0.2, 0.25) is 11.7 Å². The lowest BCUT2D eigenvalue weighted by molar-refractivity contribution is -0.0267. The van der Waals surface area contributed by atoms with Crippen LogP contribution in [0.2, 0.25) is 0 Å². The Morgan fingerprint density at radius 2 is 1.43 bits per heavy atom. The number of hydrazine groups is 3. The zero-order valence-corrected chi connectivity index (χ0v) is 17.5. The summed E-state index contributed by atoms with van der Waals surface area (Å²) in [5, 5.41) is 0. The highest BCUT2D eigenvalue weighted by Crippen LogP contribution is 2.58. The van der Waals surface area contributed by atoms with E-state index in [0.29, 0.717) is 0 Å².